The summed E-state index contributed by atoms with van der Waals surface area (Å²) < 4.78 is 94.2. The predicted octanol–water partition coefficient (Wildman–Crippen LogP) is 0.816. The maximum absolute atomic E-state index is 12.9. The van der Waals surface area contributed by atoms with E-state index in [-0.39, 0.29) is 11.1 Å². The van der Waals surface area contributed by atoms with Crippen molar-refractivity contribution in [2.24, 2.45) is 0 Å². The maximum atomic E-state index is 12.9. The Bertz CT molecular complexity index is 1280. The zero-order valence-corrected chi connectivity index (χ0v) is 20.6. The molecule has 2 N–H and O–H groups in total. The number of methoxy groups -OCH3 is 1. The van der Waals surface area contributed by atoms with Crippen LogP contribution < -0.4 is 0 Å². The molecule has 0 radical (unpaired) electrons. The van der Waals surface area contributed by atoms with E-state index in [1.165, 1.54) is 36.4 Å². The minimum atomic E-state index is -5.29. The number of carbonyl (C=O) groups excluding carboxylic acids is 2. The third kappa shape index (κ3) is 8.27. The molecule has 0 amide bonds. The molecule has 5 unspecified atom stereocenters. The summed E-state index contributed by atoms with van der Waals surface area (Å²) in [5.41, 5.74) is 0.0713. The molecule has 0 aromatic heterocycles. The second-order valence-electron chi connectivity index (χ2n) is 7.45. The van der Waals surface area contributed by atoms with Crippen LogP contribution in [0.4, 0.5) is 0 Å². The Labute approximate surface area is 211 Å². The van der Waals surface area contributed by atoms with Crippen LogP contribution in [0.1, 0.15) is 20.7 Å². The van der Waals surface area contributed by atoms with E-state index >= 15 is 0 Å². The fourth-order valence-electron chi connectivity index (χ4n) is 3.40. The Morgan fingerprint density at radius 3 is 1.70 bits per heavy atom. The standard InChI is InChI=1S/C21H22O14S2/c1-30-21-18(34-20(23)14-10-6-3-7-11-14)17(33-19(22)13-8-4-2-5-9-13)16(35-37(27,28)29)15(32-21)12-31-36(24,25)26/h2-11,15-18,21H,12H2,1H3,(H,24,25,26)(H,27,28,29). The van der Waals surface area contributed by atoms with Crippen molar-refractivity contribution in [2.45, 2.75) is 30.7 Å². The molecule has 3 rings (SSSR count). The van der Waals surface area contributed by atoms with Gasteiger partial charge in [-0.2, -0.15) is 16.8 Å². The van der Waals surface area contributed by atoms with Gasteiger partial charge in [-0.3, -0.25) is 9.11 Å². The van der Waals surface area contributed by atoms with Crippen LogP contribution in [-0.2, 0) is 48.1 Å². The molecule has 0 spiro atoms. The molecule has 16 heteroatoms. The summed E-state index contributed by atoms with van der Waals surface area (Å²) in [6.45, 7) is -1.07. The molecule has 202 valence electrons. The van der Waals surface area contributed by atoms with Gasteiger partial charge in [0, 0.05) is 7.11 Å². The van der Waals surface area contributed by atoms with E-state index in [0.717, 1.165) is 7.11 Å². The maximum Gasteiger partial charge on any atom is 0.397 e. The van der Waals surface area contributed by atoms with E-state index in [9.17, 15) is 31.0 Å². The highest BCUT2D eigenvalue weighted by molar-refractivity contribution is 7.81. The van der Waals surface area contributed by atoms with E-state index in [1.54, 1.807) is 24.3 Å². The fraction of sp³-hybridized carbons (Fsp3) is 0.333. The van der Waals surface area contributed by atoms with Gasteiger partial charge in [0.05, 0.1) is 17.7 Å². The van der Waals surface area contributed by atoms with E-state index in [4.69, 9.17) is 23.5 Å². The molecule has 0 bridgehead atoms. The normalized spacial score (nSPS) is 24.2. The molecule has 37 heavy (non-hydrogen) atoms. The van der Waals surface area contributed by atoms with Gasteiger partial charge in [0.25, 0.3) is 0 Å². The van der Waals surface area contributed by atoms with Crippen LogP contribution in [0.2, 0.25) is 0 Å². The van der Waals surface area contributed by atoms with E-state index in [2.05, 4.69) is 8.37 Å². The topological polar surface area (TPSA) is 198 Å². The molecule has 1 aliphatic heterocycles. The van der Waals surface area contributed by atoms with Gasteiger partial charge in [-0.05, 0) is 24.3 Å². The van der Waals surface area contributed by atoms with Crippen molar-refractivity contribution >= 4 is 32.7 Å². The number of benzene rings is 2. The molecular weight excluding hydrogens is 540 g/mol. The van der Waals surface area contributed by atoms with Gasteiger partial charge in [-0.1, -0.05) is 36.4 Å². The third-order valence-corrected chi connectivity index (χ3v) is 5.84. The minimum absolute atomic E-state index is 0.00689. The molecule has 0 saturated carbocycles. The zero-order valence-electron chi connectivity index (χ0n) is 19.0. The lowest BCUT2D eigenvalue weighted by molar-refractivity contribution is -0.287. The quantitative estimate of drug-likeness (QED) is 0.305. The Morgan fingerprint density at radius 1 is 0.784 bits per heavy atom. The largest absolute Gasteiger partial charge is 0.452 e. The van der Waals surface area contributed by atoms with Gasteiger partial charge in [0.2, 0.25) is 0 Å². The molecule has 1 heterocycles. The number of hydrogen-bond donors (Lipinski definition) is 2. The smallest absolute Gasteiger partial charge is 0.397 e. The van der Waals surface area contributed by atoms with Crippen molar-refractivity contribution in [3.8, 4) is 0 Å². The van der Waals surface area contributed by atoms with Crippen molar-refractivity contribution in [1.82, 2.24) is 0 Å². The number of esters is 2. The number of hydrogen-bond acceptors (Lipinski definition) is 12. The molecule has 2 aromatic rings. The van der Waals surface area contributed by atoms with Crippen molar-refractivity contribution in [2.75, 3.05) is 13.7 Å². The third-order valence-electron chi connectivity index (χ3n) is 4.94. The molecule has 5 atom stereocenters. The van der Waals surface area contributed by atoms with Gasteiger partial charge in [-0.15, -0.1) is 0 Å². The number of ether oxygens (including phenoxy) is 4. The van der Waals surface area contributed by atoms with Crippen LogP contribution >= 0.6 is 0 Å². The summed E-state index contributed by atoms with van der Waals surface area (Å²) in [4.78, 5) is 25.7. The Morgan fingerprint density at radius 2 is 1.27 bits per heavy atom. The molecule has 0 aliphatic carbocycles. The number of rotatable bonds is 10. The highest BCUT2D eigenvalue weighted by Gasteiger charge is 2.53. The van der Waals surface area contributed by atoms with Crippen LogP contribution in [0.25, 0.3) is 0 Å². The Kier molecular flexibility index (Phi) is 9.32. The summed E-state index contributed by atoms with van der Waals surface area (Å²) >= 11 is 0. The Hall–Kier alpha value is -2.96. The summed E-state index contributed by atoms with van der Waals surface area (Å²) in [5.74, 6) is -1.98. The Balaban J connectivity index is 2.03. The lowest BCUT2D eigenvalue weighted by atomic mass is 9.98. The minimum Gasteiger partial charge on any atom is -0.452 e. The SMILES string of the molecule is COC1OC(COS(=O)(=O)O)C(OS(=O)(=O)O)C(OC(=O)c2ccccc2)C1OC(=O)c1ccccc1. The average Bonchev–Trinajstić information content (AvgIpc) is 2.84. The zero-order chi connectivity index (χ0) is 27.2. The number of carbonyl (C=O) groups is 2. The average molecular weight is 563 g/mol. The molecule has 2 aromatic carbocycles. The van der Waals surface area contributed by atoms with E-state index in [1.807, 2.05) is 0 Å². The van der Waals surface area contributed by atoms with E-state index < -0.39 is 70.0 Å². The summed E-state index contributed by atoms with van der Waals surface area (Å²) in [5, 5.41) is 0. The first-order valence-electron chi connectivity index (χ1n) is 10.4. The molecule has 14 nitrogen and oxygen atoms in total. The molecule has 1 aliphatic rings. The molecule has 1 saturated heterocycles. The van der Waals surface area contributed by atoms with Crippen molar-refractivity contribution in [1.29, 1.82) is 0 Å². The van der Waals surface area contributed by atoms with Crippen LogP contribution in [0, 0.1) is 0 Å². The van der Waals surface area contributed by atoms with Crippen molar-refractivity contribution in [3.63, 3.8) is 0 Å². The lowest BCUT2D eigenvalue weighted by Crippen LogP contribution is -2.63. The fourth-order valence-corrected chi connectivity index (χ4v) is 4.22. The summed E-state index contributed by atoms with van der Waals surface area (Å²) in [6, 6.07) is 14.9. The van der Waals surface area contributed by atoms with Crippen LogP contribution in [0.3, 0.4) is 0 Å². The predicted molar refractivity (Wildman–Crippen MR) is 121 cm³/mol. The lowest BCUT2D eigenvalue weighted by Gasteiger charge is -2.43. The van der Waals surface area contributed by atoms with Crippen molar-refractivity contribution < 1.29 is 62.8 Å². The first-order valence-corrected chi connectivity index (χ1v) is 13.1. The second kappa shape index (κ2) is 12.1. The first-order chi connectivity index (χ1) is 17.4. The first kappa shape index (κ1) is 28.6. The van der Waals surface area contributed by atoms with Gasteiger partial charge >= 0.3 is 32.7 Å². The van der Waals surface area contributed by atoms with E-state index in [0.29, 0.717) is 0 Å². The highest BCUT2D eigenvalue weighted by Crippen LogP contribution is 2.31. The molecule has 1 fully saturated rings. The van der Waals surface area contributed by atoms with Gasteiger partial charge < -0.3 is 18.9 Å². The summed E-state index contributed by atoms with van der Waals surface area (Å²) in [6.07, 6.45) is -8.94. The second-order valence-corrected chi connectivity index (χ2v) is 9.59. The molecular formula is C21H22O14S2. The van der Waals surface area contributed by atoms with Crippen molar-refractivity contribution in [3.05, 3.63) is 71.8 Å². The summed E-state index contributed by atoms with van der Waals surface area (Å²) in [7, 11) is -9.23. The van der Waals surface area contributed by atoms with Crippen LogP contribution in [0.15, 0.2) is 60.7 Å². The van der Waals surface area contributed by atoms with Crippen LogP contribution in [-0.4, -0.2) is 82.3 Å². The van der Waals surface area contributed by atoms with Gasteiger partial charge in [-0.25, -0.2) is 18.0 Å². The highest BCUT2D eigenvalue weighted by atomic mass is 32.3. The monoisotopic (exact) mass is 562 g/mol. The van der Waals surface area contributed by atoms with Gasteiger partial charge in [0.1, 0.15) is 12.2 Å². The van der Waals surface area contributed by atoms with Gasteiger partial charge in [0.15, 0.2) is 18.5 Å². The van der Waals surface area contributed by atoms with Crippen LogP contribution in [0.5, 0.6) is 0 Å².